The van der Waals surface area contributed by atoms with Gasteiger partial charge in [-0.15, -0.1) is 11.8 Å². The Morgan fingerprint density at radius 2 is 1.80 bits per heavy atom. The number of ether oxygens (including phenoxy) is 1. The molecule has 2 aliphatic rings. The normalized spacial score (nSPS) is 21.1. The molecular formula is C19H26N2O3S. The van der Waals surface area contributed by atoms with Crippen LogP contribution in [0.4, 0.5) is 0 Å². The molecule has 0 spiro atoms. The number of carbonyl (C=O) groups excluding carboxylic acids is 2. The number of hydrogen-bond donors (Lipinski definition) is 0. The third-order valence-corrected chi connectivity index (χ3v) is 5.77. The maximum absolute atomic E-state index is 12.9. The smallest absolute Gasteiger partial charge is 0.255 e. The monoisotopic (exact) mass is 362 g/mol. The van der Waals surface area contributed by atoms with Crippen LogP contribution in [0.25, 0.3) is 0 Å². The molecule has 3 rings (SSSR count). The highest BCUT2D eigenvalue weighted by Crippen LogP contribution is 2.26. The van der Waals surface area contributed by atoms with E-state index in [2.05, 4.69) is 0 Å². The molecule has 136 valence electrons. The van der Waals surface area contributed by atoms with Crippen LogP contribution in [0, 0.1) is 0 Å². The van der Waals surface area contributed by atoms with E-state index in [4.69, 9.17) is 4.74 Å². The zero-order valence-corrected chi connectivity index (χ0v) is 15.6. The summed E-state index contributed by atoms with van der Waals surface area (Å²) in [7, 11) is 0. The van der Waals surface area contributed by atoms with Gasteiger partial charge in [0.25, 0.3) is 5.91 Å². The van der Waals surface area contributed by atoms with Crippen LogP contribution < -0.4 is 4.74 Å². The Morgan fingerprint density at radius 1 is 1.12 bits per heavy atom. The average molecular weight is 362 g/mol. The maximum Gasteiger partial charge on any atom is 0.255 e. The second-order valence-electron chi connectivity index (χ2n) is 6.49. The van der Waals surface area contributed by atoms with Gasteiger partial charge in [0, 0.05) is 24.4 Å². The highest BCUT2D eigenvalue weighted by Gasteiger charge is 2.37. The maximum atomic E-state index is 12.9. The molecule has 0 aliphatic carbocycles. The molecule has 25 heavy (non-hydrogen) atoms. The number of carbonyl (C=O) groups is 2. The standard InChI is InChI=1S/C19H26N2O3S/c1-2-24-16-9-7-15(8-10-16)18(22)21-14-25-13-17(21)19(23)20-11-5-3-4-6-12-20/h7-10,17H,2-6,11-14H2,1H3. The van der Waals surface area contributed by atoms with E-state index in [-0.39, 0.29) is 17.9 Å². The lowest BCUT2D eigenvalue weighted by molar-refractivity contribution is -0.134. The average Bonchev–Trinajstić information content (AvgIpc) is 2.96. The Kier molecular flexibility index (Phi) is 6.24. The molecular weight excluding hydrogens is 336 g/mol. The van der Waals surface area contributed by atoms with Crippen molar-refractivity contribution in [1.29, 1.82) is 0 Å². The van der Waals surface area contributed by atoms with Crippen molar-refractivity contribution >= 4 is 23.6 Å². The Labute approximate surface area is 153 Å². The van der Waals surface area contributed by atoms with Crippen LogP contribution in [0.5, 0.6) is 5.75 Å². The van der Waals surface area contributed by atoms with E-state index < -0.39 is 0 Å². The first-order chi connectivity index (χ1) is 12.2. The van der Waals surface area contributed by atoms with Crippen molar-refractivity contribution in [2.45, 2.75) is 38.6 Å². The zero-order chi connectivity index (χ0) is 17.6. The highest BCUT2D eigenvalue weighted by molar-refractivity contribution is 7.99. The molecule has 6 heteroatoms. The van der Waals surface area contributed by atoms with E-state index in [0.29, 0.717) is 23.8 Å². The summed E-state index contributed by atoms with van der Waals surface area (Å²) in [5, 5.41) is 0. The number of benzene rings is 1. The summed E-state index contributed by atoms with van der Waals surface area (Å²) >= 11 is 1.65. The molecule has 5 nitrogen and oxygen atoms in total. The first kappa shape index (κ1) is 18.1. The van der Waals surface area contributed by atoms with Crippen LogP contribution >= 0.6 is 11.8 Å². The number of thioether (sulfide) groups is 1. The van der Waals surface area contributed by atoms with Gasteiger partial charge >= 0.3 is 0 Å². The highest BCUT2D eigenvalue weighted by atomic mass is 32.2. The number of rotatable bonds is 4. The molecule has 2 fully saturated rings. The third kappa shape index (κ3) is 4.29. The first-order valence-corrected chi connectivity index (χ1v) is 10.3. The van der Waals surface area contributed by atoms with Gasteiger partial charge in [-0.05, 0) is 44.0 Å². The van der Waals surface area contributed by atoms with Gasteiger partial charge in [-0.1, -0.05) is 12.8 Å². The molecule has 1 unspecified atom stereocenters. The Morgan fingerprint density at radius 3 is 2.44 bits per heavy atom. The van der Waals surface area contributed by atoms with Crippen LogP contribution in [-0.4, -0.2) is 59.0 Å². The molecule has 0 N–H and O–H groups in total. The van der Waals surface area contributed by atoms with Crippen LogP contribution in [0.1, 0.15) is 43.0 Å². The third-order valence-electron chi connectivity index (χ3n) is 4.76. The lowest BCUT2D eigenvalue weighted by atomic mass is 10.1. The minimum absolute atomic E-state index is 0.0683. The Bertz CT molecular complexity index is 597. The predicted octanol–water partition coefficient (Wildman–Crippen LogP) is 3.00. The van der Waals surface area contributed by atoms with Crippen LogP contribution in [0.15, 0.2) is 24.3 Å². The minimum Gasteiger partial charge on any atom is -0.494 e. The fourth-order valence-electron chi connectivity index (χ4n) is 3.38. The molecule has 0 saturated carbocycles. The predicted molar refractivity (Wildman–Crippen MR) is 99.9 cm³/mol. The lowest BCUT2D eigenvalue weighted by Crippen LogP contribution is -2.49. The van der Waals surface area contributed by atoms with Crippen LogP contribution in [0.2, 0.25) is 0 Å². The summed E-state index contributed by atoms with van der Waals surface area (Å²) in [5.74, 6) is 2.08. The van der Waals surface area contributed by atoms with Gasteiger partial charge in [0.1, 0.15) is 11.8 Å². The largest absolute Gasteiger partial charge is 0.494 e. The van der Waals surface area contributed by atoms with Gasteiger partial charge in [0.15, 0.2) is 0 Å². The fourth-order valence-corrected chi connectivity index (χ4v) is 4.52. The van der Waals surface area contributed by atoms with Crippen molar-refractivity contribution in [3.05, 3.63) is 29.8 Å². The second kappa shape index (κ2) is 8.61. The Balaban J connectivity index is 1.69. The van der Waals surface area contributed by atoms with E-state index in [0.717, 1.165) is 31.7 Å². The molecule has 0 radical (unpaired) electrons. The van der Waals surface area contributed by atoms with E-state index in [1.54, 1.807) is 28.8 Å². The van der Waals surface area contributed by atoms with Crippen molar-refractivity contribution in [3.63, 3.8) is 0 Å². The van der Waals surface area contributed by atoms with Crippen molar-refractivity contribution in [3.8, 4) is 5.75 Å². The second-order valence-corrected chi connectivity index (χ2v) is 7.49. The number of hydrogen-bond acceptors (Lipinski definition) is 4. The summed E-state index contributed by atoms with van der Waals surface area (Å²) in [6.07, 6.45) is 4.52. The minimum atomic E-state index is -0.331. The molecule has 0 aromatic heterocycles. The summed E-state index contributed by atoms with van der Waals surface area (Å²) in [6.45, 7) is 4.18. The molecule has 1 aromatic carbocycles. The lowest BCUT2D eigenvalue weighted by Gasteiger charge is -2.29. The van der Waals surface area contributed by atoms with Crippen molar-refractivity contribution in [2.24, 2.45) is 0 Å². The summed E-state index contributed by atoms with van der Waals surface area (Å²) in [5.41, 5.74) is 0.611. The van der Waals surface area contributed by atoms with E-state index >= 15 is 0 Å². The quantitative estimate of drug-likeness (QED) is 0.826. The summed E-state index contributed by atoms with van der Waals surface area (Å²) in [6, 6.07) is 6.85. The topological polar surface area (TPSA) is 49.9 Å². The zero-order valence-electron chi connectivity index (χ0n) is 14.8. The van der Waals surface area contributed by atoms with Crippen molar-refractivity contribution in [1.82, 2.24) is 9.80 Å². The van der Waals surface area contributed by atoms with E-state index in [9.17, 15) is 9.59 Å². The van der Waals surface area contributed by atoms with Gasteiger partial charge in [-0.25, -0.2) is 0 Å². The molecule has 0 bridgehead atoms. The van der Waals surface area contributed by atoms with Crippen LogP contribution in [-0.2, 0) is 4.79 Å². The number of nitrogens with zero attached hydrogens (tertiary/aromatic N) is 2. The van der Waals surface area contributed by atoms with Gasteiger partial charge in [0.05, 0.1) is 12.5 Å². The SMILES string of the molecule is CCOc1ccc(C(=O)N2CSCC2C(=O)N2CCCCCC2)cc1. The fraction of sp³-hybridized carbons (Fsp3) is 0.579. The first-order valence-electron chi connectivity index (χ1n) is 9.11. The molecule has 2 amide bonds. The molecule has 2 saturated heterocycles. The molecule has 2 heterocycles. The van der Waals surface area contributed by atoms with Gasteiger partial charge in [-0.2, -0.15) is 0 Å². The Hall–Kier alpha value is -1.69. The van der Waals surface area contributed by atoms with Gasteiger partial charge < -0.3 is 14.5 Å². The molecule has 1 atom stereocenters. The van der Waals surface area contributed by atoms with Gasteiger partial charge in [0.2, 0.25) is 5.91 Å². The number of amides is 2. The molecule has 2 aliphatic heterocycles. The summed E-state index contributed by atoms with van der Waals surface area (Å²) in [4.78, 5) is 29.5. The van der Waals surface area contributed by atoms with Gasteiger partial charge in [-0.3, -0.25) is 9.59 Å². The summed E-state index contributed by atoms with van der Waals surface area (Å²) < 4.78 is 5.43. The van der Waals surface area contributed by atoms with E-state index in [1.165, 1.54) is 12.8 Å². The number of likely N-dealkylation sites (tertiary alicyclic amines) is 1. The van der Waals surface area contributed by atoms with Crippen molar-refractivity contribution < 1.29 is 14.3 Å². The molecule has 1 aromatic rings. The van der Waals surface area contributed by atoms with Crippen molar-refractivity contribution in [2.75, 3.05) is 31.3 Å². The van der Waals surface area contributed by atoms with E-state index in [1.807, 2.05) is 24.0 Å². The van der Waals surface area contributed by atoms with Crippen LogP contribution in [0.3, 0.4) is 0 Å².